The molecule has 8 heteroatoms. The van der Waals surface area contributed by atoms with Crippen LogP contribution < -0.4 is 5.43 Å². The third kappa shape index (κ3) is 4.50. The molecule has 0 radical (unpaired) electrons. The minimum atomic E-state index is -4.87. The molecule has 2 heterocycles. The maximum absolute atomic E-state index is 14.0. The summed E-state index contributed by atoms with van der Waals surface area (Å²) < 4.78 is 47.9. The second-order valence-electron chi connectivity index (χ2n) is 7.77. The van der Waals surface area contributed by atoms with Crippen molar-refractivity contribution in [1.29, 1.82) is 0 Å². The maximum Gasteiger partial charge on any atom is 0.450 e. The fraction of sp³-hybridized carbons (Fsp3) is 0.348. The number of nitrogens with zero attached hydrogens (tertiary/aromatic N) is 1. The van der Waals surface area contributed by atoms with Crippen LogP contribution in [-0.4, -0.2) is 23.1 Å². The Morgan fingerprint density at radius 3 is 2.26 bits per heavy atom. The number of likely N-dealkylation sites (tertiary alicyclic amines) is 1. The average Bonchev–Trinajstić information content (AvgIpc) is 2.99. The topological polar surface area (TPSA) is 53.7 Å². The molecule has 0 amide bonds. The summed E-state index contributed by atoms with van der Waals surface area (Å²) in [6.45, 7) is 1.79. The minimum absolute atomic E-state index is 0.0218. The second-order valence-corrected chi connectivity index (χ2v) is 8.69. The highest BCUT2D eigenvalue weighted by molar-refractivity contribution is 9.10. The third-order valence-electron chi connectivity index (χ3n) is 5.61. The standard InChI is InChI=1S/C23H21BrF3NO3/c24-15-7-5-14(6-8-15)19-20(30)16-9-10-18(29)17(13-28-11-3-1-2-4-12-28)21(16)31-22(19)23(25,26)27/h5-10,29H,1-4,11-13H2. The van der Waals surface area contributed by atoms with Crippen LogP contribution in [0.25, 0.3) is 22.1 Å². The van der Waals surface area contributed by atoms with Crippen molar-refractivity contribution in [3.05, 3.63) is 62.4 Å². The average molecular weight is 496 g/mol. The molecule has 1 aliphatic heterocycles. The van der Waals surface area contributed by atoms with Crippen molar-refractivity contribution in [1.82, 2.24) is 4.90 Å². The first kappa shape index (κ1) is 21.9. The highest BCUT2D eigenvalue weighted by atomic mass is 79.9. The molecule has 1 aromatic heterocycles. The fourth-order valence-electron chi connectivity index (χ4n) is 4.05. The first-order valence-corrected chi connectivity index (χ1v) is 10.9. The Morgan fingerprint density at radius 1 is 1.00 bits per heavy atom. The van der Waals surface area contributed by atoms with Crippen molar-refractivity contribution in [2.75, 3.05) is 13.1 Å². The molecule has 0 aliphatic carbocycles. The summed E-state index contributed by atoms with van der Waals surface area (Å²) in [4.78, 5) is 15.3. The predicted molar refractivity (Wildman–Crippen MR) is 116 cm³/mol. The molecule has 31 heavy (non-hydrogen) atoms. The molecule has 3 aromatic rings. The van der Waals surface area contributed by atoms with Gasteiger partial charge < -0.3 is 9.52 Å². The van der Waals surface area contributed by atoms with Crippen molar-refractivity contribution in [3.63, 3.8) is 0 Å². The zero-order valence-electron chi connectivity index (χ0n) is 16.6. The molecule has 1 fully saturated rings. The number of hydrogen-bond acceptors (Lipinski definition) is 4. The number of aromatic hydroxyl groups is 1. The number of alkyl halides is 3. The van der Waals surface area contributed by atoms with Crippen LogP contribution in [0.15, 0.2) is 50.1 Å². The van der Waals surface area contributed by atoms with Crippen LogP contribution in [0.3, 0.4) is 0 Å². The lowest BCUT2D eigenvalue weighted by Gasteiger charge is -2.21. The second kappa shape index (κ2) is 8.67. The van der Waals surface area contributed by atoms with Gasteiger partial charge in [-0.3, -0.25) is 9.69 Å². The van der Waals surface area contributed by atoms with Crippen LogP contribution in [0, 0.1) is 0 Å². The number of hydrogen-bond donors (Lipinski definition) is 1. The van der Waals surface area contributed by atoms with E-state index in [0.717, 1.165) is 38.8 Å². The number of benzene rings is 2. The summed E-state index contributed by atoms with van der Waals surface area (Å²) in [6.07, 6.45) is -0.709. The molecule has 0 atom stereocenters. The van der Waals surface area contributed by atoms with Gasteiger partial charge in [0.05, 0.1) is 16.5 Å². The van der Waals surface area contributed by atoms with Crippen molar-refractivity contribution >= 4 is 26.9 Å². The van der Waals surface area contributed by atoms with E-state index in [1.165, 1.54) is 24.3 Å². The Morgan fingerprint density at radius 2 is 1.65 bits per heavy atom. The third-order valence-corrected chi connectivity index (χ3v) is 6.14. The first-order valence-electron chi connectivity index (χ1n) is 10.1. The van der Waals surface area contributed by atoms with Gasteiger partial charge in [-0.15, -0.1) is 0 Å². The van der Waals surface area contributed by atoms with Crippen molar-refractivity contribution in [2.24, 2.45) is 0 Å². The molecular formula is C23H21BrF3NO3. The molecule has 4 rings (SSSR count). The first-order chi connectivity index (χ1) is 14.8. The monoisotopic (exact) mass is 495 g/mol. The predicted octanol–water partition coefficient (Wildman–Crippen LogP) is 6.32. The van der Waals surface area contributed by atoms with Gasteiger partial charge in [0.15, 0.2) is 0 Å². The molecule has 164 valence electrons. The summed E-state index contributed by atoms with van der Waals surface area (Å²) in [5, 5.41) is 10.5. The van der Waals surface area contributed by atoms with Gasteiger partial charge in [0, 0.05) is 11.0 Å². The Balaban J connectivity index is 1.93. The zero-order valence-corrected chi connectivity index (χ0v) is 18.2. The van der Waals surface area contributed by atoms with Crippen LogP contribution in [0.4, 0.5) is 13.2 Å². The van der Waals surface area contributed by atoms with Crippen molar-refractivity contribution < 1.29 is 22.7 Å². The molecule has 0 unspecified atom stereocenters. The quantitative estimate of drug-likeness (QED) is 0.461. The van der Waals surface area contributed by atoms with E-state index in [0.29, 0.717) is 4.47 Å². The fourth-order valence-corrected chi connectivity index (χ4v) is 4.32. The summed E-state index contributed by atoms with van der Waals surface area (Å²) >= 11 is 3.25. The highest BCUT2D eigenvalue weighted by Crippen LogP contribution is 2.39. The van der Waals surface area contributed by atoms with E-state index in [2.05, 4.69) is 20.8 Å². The van der Waals surface area contributed by atoms with E-state index in [-0.39, 0.29) is 34.4 Å². The largest absolute Gasteiger partial charge is 0.507 e. The number of fused-ring (bicyclic) bond motifs is 1. The van der Waals surface area contributed by atoms with E-state index in [1.54, 1.807) is 12.1 Å². The van der Waals surface area contributed by atoms with Gasteiger partial charge in [0.1, 0.15) is 11.3 Å². The summed E-state index contributed by atoms with van der Waals surface area (Å²) in [5.41, 5.74) is -1.17. The lowest BCUT2D eigenvalue weighted by Crippen LogP contribution is -2.24. The van der Waals surface area contributed by atoms with Gasteiger partial charge >= 0.3 is 6.18 Å². The molecule has 1 saturated heterocycles. The van der Waals surface area contributed by atoms with Gasteiger partial charge in [0.25, 0.3) is 0 Å². The highest BCUT2D eigenvalue weighted by Gasteiger charge is 2.39. The number of phenolic OH excluding ortho intramolecular Hbond substituents is 1. The summed E-state index contributed by atoms with van der Waals surface area (Å²) in [6, 6.07) is 8.70. The molecule has 0 bridgehead atoms. The van der Waals surface area contributed by atoms with Gasteiger partial charge in [-0.25, -0.2) is 0 Å². The normalized spacial score (nSPS) is 15.9. The SMILES string of the molecule is O=c1c(-c2ccc(Br)cc2)c(C(F)(F)F)oc2c(CN3CCCCCC3)c(O)ccc12. The number of phenols is 1. The molecule has 4 nitrogen and oxygen atoms in total. The Kier molecular flexibility index (Phi) is 6.12. The lowest BCUT2D eigenvalue weighted by molar-refractivity contribution is -0.152. The number of rotatable bonds is 3. The van der Waals surface area contributed by atoms with E-state index in [9.17, 15) is 23.1 Å². The molecular weight excluding hydrogens is 475 g/mol. The number of halogens is 4. The maximum atomic E-state index is 14.0. The van der Waals surface area contributed by atoms with Crippen LogP contribution in [0.2, 0.25) is 0 Å². The van der Waals surface area contributed by atoms with Gasteiger partial charge in [0.2, 0.25) is 11.2 Å². The van der Waals surface area contributed by atoms with Gasteiger partial charge in [-0.05, 0) is 55.8 Å². The molecule has 0 saturated carbocycles. The summed E-state index contributed by atoms with van der Waals surface area (Å²) in [5.74, 6) is -1.53. The molecule has 1 N–H and O–H groups in total. The van der Waals surface area contributed by atoms with Crippen LogP contribution in [-0.2, 0) is 12.7 Å². The Hall–Kier alpha value is -2.32. The zero-order chi connectivity index (χ0) is 22.2. The lowest BCUT2D eigenvalue weighted by atomic mass is 10.00. The molecule has 0 spiro atoms. The van der Waals surface area contributed by atoms with Crippen LogP contribution >= 0.6 is 15.9 Å². The van der Waals surface area contributed by atoms with Crippen LogP contribution in [0.5, 0.6) is 5.75 Å². The van der Waals surface area contributed by atoms with Gasteiger partial charge in [-0.1, -0.05) is 40.9 Å². The minimum Gasteiger partial charge on any atom is -0.507 e. The van der Waals surface area contributed by atoms with Crippen molar-refractivity contribution in [2.45, 2.75) is 38.4 Å². The molecule has 2 aromatic carbocycles. The van der Waals surface area contributed by atoms with Gasteiger partial charge in [-0.2, -0.15) is 13.2 Å². The Labute approximate surface area is 185 Å². The smallest absolute Gasteiger partial charge is 0.450 e. The van der Waals surface area contributed by atoms with Crippen molar-refractivity contribution in [3.8, 4) is 16.9 Å². The van der Waals surface area contributed by atoms with E-state index >= 15 is 0 Å². The summed E-state index contributed by atoms with van der Waals surface area (Å²) in [7, 11) is 0. The van der Waals surface area contributed by atoms with E-state index in [1.807, 2.05) is 0 Å². The van der Waals surface area contributed by atoms with E-state index < -0.39 is 22.9 Å². The van der Waals surface area contributed by atoms with Crippen LogP contribution in [0.1, 0.15) is 37.0 Å². The van der Waals surface area contributed by atoms with E-state index in [4.69, 9.17) is 4.42 Å². The molecule has 1 aliphatic rings. The Bertz CT molecular complexity index is 1150.